The molecule has 0 aliphatic heterocycles. The Kier molecular flexibility index (Phi) is 4.40. The summed E-state index contributed by atoms with van der Waals surface area (Å²) in [5.41, 5.74) is 1.70. The van der Waals surface area contributed by atoms with Crippen molar-refractivity contribution in [1.82, 2.24) is 24.5 Å². The number of carboxylic acid groups (broad SMARTS) is 1. The maximum absolute atomic E-state index is 14.2. The van der Waals surface area contributed by atoms with Crippen molar-refractivity contribution < 1.29 is 18.7 Å². The molecule has 1 aromatic carbocycles. The number of benzene rings is 1. The summed E-state index contributed by atoms with van der Waals surface area (Å²) in [6, 6.07) is 1.81. The number of imidazole rings is 1. The van der Waals surface area contributed by atoms with Gasteiger partial charge in [0.25, 0.3) is 0 Å². The highest BCUT2D eigenvalue weighted by atomic mass is 19.1. The van der Waals surface area contributed by atoms with Crippen LogP contribution in [0.5, 0.6) is 0 Å². The van der Waals surface area contributed by atoms with Gasteiger partial charge in [0.05, 0.1) is 17.8 Å². The first-order valence-corrected chi connectivity index (χ1v) is 11.1. The number of H-pyrrole nitrogens is 1. The Morgan fingerprint density at radius 1 is 1.18 bits per heavy atom. The summed E-state index contributed by atoms with van der Waals surface area (Å²) in [4.78, 5) is 28.7. The van der Waals surface area contributed by atoms with Gasteiger partial charge in [-0.25, -0.2) is 23.7 Å². The number of aliphatic carboxylic acids is 1. The summed E-state index contributed by atoms with van der Waals surface area (Å²) in [6.07, 6.45) is 7.00. The van der Waals surface area contributed by atoms with Gasteiger partial charge in [0, 0.05) is 36.3 Å². The van der Waals surface area contributed by atoms with Crippen LogP contribution in [0.25, 0.3) is 33.5 Å². The molecule has 3 heterocycles. The molecule has 0 radical (unpaired) electrons. The molecule has 2 atom stereocenters. The largest absolute Gasteiger partial charge is 0.481 e. The summed E-state index contributed by atoms with van der Waals surface area (Å²) in [5, 5.41) is 13.7. The zero-order valence-corrected chi connectivity index (χ0v) is 17.8. The zero-order chi connectivity index (χ0) is 22.9. The van der Waals surface area contributed by atoms with Gasteiger partial charge in [-0.1, -0.05) is 0 Å². The summed E-state index contributed by atoms with van der Waals surface area (Å²) in [7, 11) is 1.80. The second kappa shape index (κ2) is 7.23. The number of anilines is 1. The molecule has 3 aliphatic carbocycles. The normalized spacial score (nSPS) is 24.6. The lowest BCUT2D eigenvalue weighted by Gasteiger charge is -2.47. The first kappa shape index (κ1) is 20.1. The molecule has 3 aromatic heterocycles. The number of hydrogen-bond acceptors (Lipinski definition) is 5. The van der Waals surface area contributed by atoms with Crippen LogP contribution in [0.15, 0.2) is 24.7 Å². The van der Waals surface area contributed by atoms with Gasteiger partial charge < -0.3 is 20.0 Å². The van der Waals surface area contributed by atoms with E-state index in [9.17, 15) is 18.7 Å². The highest BCUT2D eigenvalue weighted by Gasteiger charge is 2.47. The van der Waals surface area contributed by atoms with Gasteiger partial charge >= 0.3 is 5.97 Å². The van der Waals surface area contributed by atoms with E-state index in [4.69, 9.17) is 0 Å². The molecule has 0 spiro atoms. The molecule has 0 unspecified atom stereocenters. The Balaban J connectivity index is 1.49. The first-order valence-electron chi connectivity index (χ1n) is 11.1. The van der Waals surface area contributed by atoms with Gasteiger partial charge in [-0.15, -0.1) is 0 Å². The number of carbonyl (C=O) groups is 1. The fraction of sp³-hybridized carbons (Fsp3) is 0.391. The minimum absolute atomic E-state index is 0.144. The highest BCUT2D eigenvalue weighted by molar-refractivity contribution is 5.96. The maximum Gasteiger partial charge on any atom is 0.308 e. The fourth-order valence-corrected chi connectivity index (χ4v) is 5.74. The summed E-state index contributed by atoms with van der Waals surface area (Å²) < 4.78 is 29.9. The van der Waals surface area contributed by atoms with E-state index in [1.807, 2.05) is 0 Å². The van der Waals surface area contributed by atoms with E-state index in [0.717, 1.165) is 31.7 Å². The van der Waals surface area contributed by atoms with Gasteiger partial charge in [0.1, 0.15) is 17.2 Å². The van der Waals surface area contributed by atoms with Crippen molar-refractivity contribution in [1.29, 1.82) is 0 Å². The number of nitrogens with one attached hydrogen (secondary N) is 2. The molecular formula is C23H22F2N6O2. The van der Waals surface area contributed by atoms with Crippen LogP contribution < -0.4 is 5.32 Å². The lowest BCUT2D eigenvalue weighted by molar-refractivity contribution is -0.148. The molecular weight excluding hydrogens is 430 g/mol. The number of nitrogens with zero attached hydrogens (tertiary/aromatic N) is 4. The van der Waals surface area contributed by atoms with Crippen molar-refractivity contribution in [2.45, 2.75) is 31.7 Å². The van der Waals surface area contributed by atoms with Crippen LogP contribution in [0.4, 0.5) is 14.6 Å². The van der Waals surface area contributed by atoms with E-state index in [2.05, 4.69) is 25.3 Å². The lowest BCUT2D eigenvalue weighted by atomic mass is 9.61. The van der Waals surface area contributed by atoms with Gasteiger partial charge in [0.15, 0.2) is 17.3 Å². The monoisotopic (exact) mass is 452 g/mol. The van der Waals surface area contributed by atoms with Crippen LogP contribution in [0.2, 0.25) is 0 Å². The van der Waals surface area contributed by atoms with Crippen molar-refractivity contribution in [2.24, 2.45) is 24.8 Å². The smallest absolute Gasteiger partial charge is 0.308 e. The van der Waals surface area contributed by atoms with Crippen LogP contribution >= 0.6 is 0 Å². The van der Waals surface area contributed by atoms with E-state index in [0.29, 0.717) is 27.9 Å². The van der Waals surface area contributed by atoms with E-state index < -0.39 is 23.5 Å². The maximum atomic E-state index is 14.2. The van der Waals surface area contributed by atoms with Crippen LogP contribution in [0.1, 0.15) is 25.7 Å². The Hall–Kier alpha value is -3.56. The van der Waals surface area contributed by atoms with Crippen molar-refractivity contribution in [3.63, 3.8) is 0 Å². The molecule has 0 amide bonds. The van der Waals surface area contributed by atoms with Crippen LogP contribution in [0.3, 0.4) is 0 Å². The average Bonchev–Trinajstić information content (AvgIpc) is 3.38. The molecule has 170 valence electrons. The van der Waals surface area contributed by atoms with Crippen molar-refractivity contribution in [3.05, 3.63) is 36.3 Å². The lowest BCUT2D eigenvalue weighted by Crippen LogP contribution is -2.51. The van der Waals surface area contributed by atoms with Crippen LogP contribution in [-0.4, -0.2) is 41.6 Å². The number of aromatic amines is 1. The number of rotatable bonds is 4. The van der Waals surface area contributed by atoms with Crippen LogP contribution in [0, 0.1) is 29.4 Å². The molecule has 3 aliphatic rings. The molecule has 8 nitrogen and oxygen atoms in total. The molecule has 3 N–H and O–H groups in total. The fourth-order valence-electron chi connectivity index (χ4n) is 5.74. The number of hydrogen-bond donors (Lipinski definition) is 3. The number of fused-ring (bicyclic) bond motifs is 5. The van der Waals surface area contributed by atoms with Crippen LogP contribution in [-0.2, 0) is 11.8 Å². The third-order valence-corrected chi connectivity index (χ3v) is 7.31. The third-order valence-electron chi connectivity index (χ3n) is 7.31. The Labute approximate surface area is 187 Å². The Morgan fingerprint density at radius 2 is 1.94 bits per heavy atom. The molecule has 7 rings (SSSR count). The van der Waals surface area contributed by atoms with Crippen molar-refractivity contribution in [2.75, 3.05) is 5.32 Å². The summed E-state index contributed by atoms with van der Waals surface area (Å²) in [6.45, 7) is 0. The molecule has 3 fully saturated rings. The highest BCUT2D eigenvalue weighted by Crippen LogP contribution is 2.46. The number of carboxylic acids is 1. The molecule has 0 saturated heterocycles. The predicted molar refractivity (Wildman–Crippen MR) is 117 cm³/mol. The molecule has 3 saturated carbocycles. The molecule has 33 heavy (non-hydrogen) atoms. The zero-order valence-electron chi connectivity index (χ0n) is 17.8. The minimum atomic E-state index is -0.795. The Morgan fingerprint density at radius 3 is 2.70 bits per heavy atom. The third kappa shape index (κ3) is 3.07. The van der Waals surface area contributed by atoms with Gasteiger partial charge in [-0.05, 0) is 43.6 Å². The van der Waals surface area contributed by atoms with Crippen molar-refractivity contribution >= 4 is 33.9 Å². The number of halogens is 2. The van der Waals surface area contributed by atoms with E-state index in [1.165, 1.54) is 6.07 Å². The summed E-state index contributed by atoms with van der Waals surface area (Å²) >= 11 is 0. The number of aromatic nitrogens is 5. The van der Waals surface area contributed by atoms with E-state index in [-0.39, 0.29) is 29.2 Å². The second-order valence-corrected chi connectivity index (χ2v) is 9.15. The second-order valence-electron chi connectivity index (χ2n) is 9.15. The van der Waals surface area contributed by atoms with Crippen molar-refractivity contribution in [3.8, 4) is 11.4 Å². The average molecular weight is 452 g/mol. The topological polar surface area (TPSA) is 109 Å². The predicted octanol–water partition coefficient (Wildman–Crippen LogP) is 4.09. The molecule has 4 aromatic rings. The van der Waals surface area contributed by atoms with E-state index in [1.54, 1.807) is 24.1 Å². The van der Waals surface area contributed by atoms with Gasteiger partial charge in [0.2, 0.25) is 0 Å². The number of aryl methyl sites for hydroxylation is 1. The quantitative estimate of drug-likeness (QED) is 0.430. The Bertz CT molecular complexity index is 1410. The minimum Gasteiger partial charge on any atom is -0.481 e. The SMILES string of the molecule is Cn1cnc2c(N[C@H]3C4CCC(CC4)[C@@H]3C(=O)O)nc(-c3c[nH]c4c(F)cc(F)cc34)nc21. The molecule has 2 bridgehead atoms. The molecule has 10 heteroatoms. The standard InChI is InChI=1S/C23H22F2N6O2/c1-31-9-27-19-21(28-17-11-4-2-10(3-5-11)16(17)23(32)33)29-20(30-22(19)31)14-8-26-18-13(14)6-12(24)7-15(18)25/h6-11,16-17,26H,2-5H2,1H3,(H,32,33)(H,28,29,30)/t10?,11?,16-,17-/m0/s1. The summed E-state index contributed by atoms with van der Waals surface area (Å²) in [5.74, 6) is -1.58. The van der Waals surface area contributed by atoms with Gasteiger partial charge in [-0.2, -0.15) is 0 Å². The first-order chi connectivity index (χ1) is 15.9. The van der Waals surface area contributed by atoms with E-state index >= 15 is 0 Å². The van der Waals surface area contributed by atoms with Gasteiger partial charge in [-0.3, -0.25) is 4.79 Å².